The van der Waals surface area contributed by atoms with Crippen LogP contribution in [0, 0.1) is 5.92 Å². The lowest BCUT2D eigenvalue weighted by Gasteiger charge is -2.36. The van der Waals surface area contributed by atoms with Crippen LogP contribution in [0.15, 0.2) is 42.9 Å². The first-order valence-corrected chi connectivity index (χ1v) is 10.1. The number of rotatable bonds is 6. The maximum Gasteiger partial charge on any atom is 0.175 e. The highest BCUT2D eigenvalue weighted by Gasteiger charge is 2.41. The second kappa shape index (κ2) is 7.99. The van der Waals surface area contributed by atoms with Crippen LogP contribution in [0.1, 0.15) is 32.4 Å². The summed E-state index contributed by atoms with van der Waals surface area (Å²) in [5.74, 6) is 0.180. The predicted molar refractivity (Wildman–Crippen MR) is 110 cm³/mol. The molecule has 0 radical (unpaired) electrons. The van der Waals surface area contributed by atoms with Gasteiger partial charge in [-0.05, 0) is 29.5 Å². The predicted octanol–water partition coefficient (Wildman–Crippen LogP) is 3.39. The fraction of sp³-hybridized carbons (Fsp3) is 0.455. The van der Waals surface area contributed by atoms with Gasteiger partial charge in [0, 0.05) is 49.8 Å². The fourth-order valence-electron chi connectivity index (χ4n) is 3.95. The van der Waals surface area contributed by atoms with Gasteiger partial charge in [0.2, 0.25) is 0 Å². The van der Waals surface area contributed by atoms with Gasteiger partial charge in [0.15, 0.2) is 11.5 Å². The van der Waals surface area contributed by atoms with Crippen molar-refractivity contribution in [2.75, 3.05) is 19.6 Å². The van der Waals surface area contributed by atoms with Gasteiger partial charge in [-0.3, -0.25) is 9.78 Å². The minimum Gasteiger partial charge on any atom is -0.303 e. The van der Waals surface area contributed by atoms with Crippen molar-refractivity contribution in [1.82, 2.24) is 24.9 Å². The molecular weight excluding hydrogens is 369 g/mol. The maximum absolute atomic E-state index is 15.3. The number of halogens is 1. The molecule has 1 fully saturated rings. The van der Waals surface area contributed by atoms with Crippen LogP contribution in [0.3, 0.4) is 0 Å². The Balaban J connectivity index is 1.48. The smallest absolute Gasteiger partial charge is 0.175 e. The minimum absolute atomic E-state index is 0.0148. The van der Waals surface area contributed by atoms with E-state index >= 15 is 4.39 Å². The lowest BCUT2D eigenvalue weighted by atomic mass is 9.86. The molecule has 4 rings (SSSR count). The summed E-state index contributed by atoms with van der Waals surface area (Å²) in [7, 11) is 0. The molecular formula is C22H26FN5O. The van der Waals surface area contributed by atoms with Gasteiger partial charge in [-0.2, -0.15) is 15.0 Å². The van der Waals surface area contributed by atoms with Gasteiger partial charge < -0.3 is 4.90 Å². The van der Waals surface area contributed by atoms with Crippen molar-refractivity contribution in [1.29, 1.82) is 0 Å². The molecule has 29 heavy (non-hydrogen) atoms. The molecule has 0 saturated carbocycles. The highest BCUT2D eigenvalue weighted by atomic mass is 19.1. The molecule has 152 valence electrons. The average molecular weight is 395 g/mol. The third kappa shape index (κ3) is 4.34. The molecule has 0 aliphatic carbocycles. The Morgan fingerprint density at radius 3 is 2.55 bits per heavy atom. The van der Waals surface area contributed by atoms with E-state index in [0.29, 0.717) is 24.7 Å². The number of Topliss-reactive ketones (excluding diaryl/α,β-unsaturated/α-hetero) is 1. The number of hydrogen-bond acceptors (Lipinski definition) is 5. The maximum atomic E-state index is 15.3. The quantitative estimate of drug-likeness (QED) is 0.640. The molecule has 1 aliphatic rings. The number of hydrogen-bond donors (Lipinski definition) is 0. The van der Waals surface area contributed by atoms with Crippen LogP contribution in [0.4, 0.5) is 4.39 Å². The van der Waals surface area contributed by atoms with E-state index in [9.17, 15) is 4.79 Å². The van der Waals surface area contributed by atoms with Crippen molar-refractivity contribution < 1.29 is 9.18 Å². The van der Waals surface area contributed by atoms with E-state index in [2.05, 4.69) is 33.9 Å². The average Bonchev–Trinajstić information content (AvgIpc) is 3.24. The molecule has 0 unspecified atom stereocenters. The number of ketones is 1. The van der Waals surface area contributed by atoms with Crippen molar-refractivity contribution in [2.45, 2.75) is 38.8 Å². The van der Waals surface area contributed by atoms with Crippen LogP contribution >= 0.6 is 0 Å². The summed E-state index contributed by atoms with van der Waals surface area (Å²) in [5.41, 5.74) is -0.328. The van der Waals surface area contributed by atoms with Crippen LogP contribution in [0.2, 0.25) is 0 Å². The van der Waals surface area contributed by atoms with E-state index in [-0.39, 0.29) is 25.0 Å². The molecule has 0 atom stereocenters. The molecule has 0 amide bonds. The number of nitrogens with zero attached hydrogens (tertiary/aromatic N) is 5. The molecule has 3 heterocycles. The van der Waals surface area contributed by atoms with Crippen molar-refractivity contribution >= 4 is 16.6 Å². The van der Waals surface area contributed by atoms with E-state index in [4.69, 9.17) is 0 Å². The van der Waals surface area contributed by atoms with Crippen LogP contribution < -0.4 is 0 Å². The largest absolute Gasteiger partial charge is 0.303 e. The molecule has 3 aromatic rings. The Bertz CT molecular complexity index is 994. The third-order valence-electron chi connectivity index (χ3n) is 5.52. The monoisotopic (exact) mass is 395 g/mol. The van der Waals surface area contributed by atoms with Crippen LogP contribution in [-0.4, -0.2) is 56.0 Å². The Labute approximate surface area is 169 Å². The summed E-state index contributed by atoms with van der Waals surface area (Å²) in [6, 6.07) is 7.65. The second-order valence-electron chi connectivity index (χ2n) is 8.29. The first-order valence-electron chi connectivity index (χ1n) is 10.1. The SMILES string of the molecule is CC(C)CN1CCC(F)(C(=O)Cc2cc3cc(-n4nccn4)ccc3cn2)CC1. The van der Waals surface area contributed by atoms with Crippen molar-refractivity contribution in [3.8, 4) is 5.69 Å². The summed E-state index contributed by atoms with van der Waals surface area (Å²) >= 11 is 0. The van der Waals surface area contributed by atoms with Crippen molar-refractivity contribution in [3.05, 3.63) is 48.5 Å². The molecule has 7 heteroatoms. The summed E-state index contributed by atoms with van der Waals surface area (Å²) in [5, 5.41) is 10.2. The van der Waals surface area contributed by atoms with Crippen LogP contribution in [-0.2, 0) is 11.2 Å². The Morgan fingerprint density at radius 1 is 1.14 bits per heavy atom. The lowest BCUT2D eigenvalue weighted by molar-refractivity contribution is -0.133. The van der Waals surface area contributed by atoms with Crippen LogP contribution in [0.25, 0.3) is 16.5 Å². The number of alkyl halides is 1. The summed E-state index contributed by atoms with van der Waals surface area (Å²) in [6.45, 7) is 6.52. The minimum atomic E-state index is -1.75. The highest BCUT2D eigenvalue weighted by Crippen LogP contribution is 2.29. The molecule has 6 nitrogen and oxygen atoms in total. The number of likely N-dealkylation sites (tertiary alicyclic amines) is 1. The molecule has 0 N–H and O–H groups in total. The number of carbonyl (C=O) groups is 1. The van der Waals surface area contributed by atoms with E-state index in [1.807, 2.05) is 24.3 Å². The fourth-order valence-corrected chi connectivity index (χ4v) is 3.95. The van der Waals surface area contributed by atoms with E-state index in [1.165, 1.54) is 4.80 Å². The third-order valence-corrected chi connectivity index (χ3v) is 5.52. The zero-order valence-electron chi connectivity index (χ0n) is 16.9. The Hall–Kier alpha value is -2.67. The van der Waals surface area contributed by atoms with E-state index in [1.54, 1.807) is 18.6 Å². The normalized spacial score (nSPS) is 17.1. The standard InChI is InChI=1S/C22H26FN5O/c1-16(2)15-27-9-5-22(23,6-10-27)21(29)13-19-11-18-12-20(28-25-7-8-26-28)4-3-17(18)14-24-19/h3-4,7-8,11-12,14,16H,5-6,9-10,13,15H2,1-2H3. The second-order valence-corrected chi connectivity index (χ2v) is 8.29. The van der Waals surface area contributed by atoms with Gasteiger partial charge >= 0.3 is 0 Å². The molecule has 1 aliphatic heterocycles. The van der Waals surface area contributed by atoms with Gasteiger partial charge in [-0.1, -0.05) is 19.9 Å². The number of fused-ring (bicyclic) bond motifs is 1. The number of carbonyl (C=O) groups excluding carboxylic acids is 1. The Kier molecular flexibility index (Phi) is 5.41. The molecule has 1 aromatic carbocycles. The first kappa shape index (κ1) is 19.6. The summed E-state index contributed by atoms with van der Waals surface area (Å²) in [6.07, 6.45) is 5.51. The van der Waals surface area contributed by atoms with Crippen LogP contribution in [0.5, 0.6) is 0 Å². The number of benzene rings is 1. The molecule has 1 saturated heterocycles. The van der Waals surface area contributed by atoms with Gasteiger partial charge in [0.25, 0.3) is 0 Å². The van der Waals surface area contributed by atoms with E-state index < -0.39 is 5.67 Å². The number of pyridine rings is 1. The van der Waals surface area contributed by atoms with Gasteiger partial charge in [0.1, 0.15) is 0 Å². The van der Waals surface area contributed by atoms with E-state index in [0.717, 1.165) is 23.0 Å². The Morgan fingerprint density at radius 2 is 1.86 bits per heavy atom. The van der Waals surface area contributed by atoms with Gasteiger partial charge in [-0.15, -0.1) is 0 Å². The zero-order chi connectivity index (χ0) is 20.4. The molecule has 0 spiro atoms. The van der Waals surface area contributed by atoms with Gasteiger partial charge in [-0.25, -0.2) is 4.39 Å². The van der Waals surface area contributed by atoms with Gasteiger partial charge in [0.05, 0.1) is 24.5 Å². The highest BCUT2D eigenvalue weighted by molar-refractivity contribution is 5.90. The summed E-state index contributed by atoms with van der Waals surface area (Å²) < 4.78 is 15.3. The van der Waals surface area contributed by atoms with Crippen molar-refractivity contribution in [2.24, 2.45) is 5.92 Å². The summed E-state index contributed by atoms with van der Waals surface area (Å²) in [4.78, 5) is 20.9. The molecule has 2 aromatic heterocycles. The number of piperidine rings is 1. The van der Waals surface area contributed by atoms with Crippen molar-refractivity contribution in [3.63, 3.8) is 0 Å². The zero-order valence-corrected chi connectivity index (χ0v) is 16.9. The molecule has 0 bridgehead atoms. The number of aromatic nitrogens is 4. The topological polar surface area (TPSA) is 63.9 Å². The first-order chi connectivity index (χ1) is 13.9. The lowest BCUT2D eigenvalue weighted by Crippen LogP contribution is -2.47.